The number of amides is 1. The summed E-state index contributed by atoms with van der Waals surface area (Å²) < 4.78 is 7.34. The van der Waals surface area contributed by atoms with Crippen molar-refractivity contribution in [3.8, 4) is 23.2 Å². The van der Waals surface area contributed by atoms with Gasteiger partial charge in [-0.2, -0.15) is 0 Å². The van der Waals surface area contributed by atoms with Crippen LogP contribution in [0.5, 0.6) is 0 Å². The Morgan fingerprint density at radius 3 is 2.83 bits per heavy atom. The normalized spacial score (nSPS) is 18.8. The van der Waals surface area contributed by atoms with Crippen LogP contribution in [-0.4, -0.2) is 31.8 Å². The van der Waals surface area contributed by atoms with E-state index in [-0.39, 0.29) is 11.9 Å². The Balaban J connectivity index is 1.37. The molecule has 0 aliphatic heterocycles. The Morgan fingerprint density at radius 1 is 1.37 bits per heavy atom. The number of benzene rings is 1. The van der Waals surface area contributed by atoms with E-state index in [0.29, 0.717) is 24.0 Å². The van der Waals surface area contributed by atoms with E-state index in [9.17, 15) is 9.90 Å². The Bertz CT molecular complexity index is 1080. The van der Waals surface area contributed by atoms with Crippen molar-refractivity contribution in [2.75, 3.05) is 0 Å². The van der Waals surface area contributed by atoms with Gasteiger partial charge in [-0.3, -0.25) is 4.79 Å². The largest absolute Gasteiger partial charge is 0.385 e. The fourth-order valence-corrected chi connectivity index (χ4v) is 3.56. The van der Waals surface area contributed by atoms with Gasteiger partial charge in [0.15, 0.2) is 5.76 Å². The number of hydrogen-bond donors (Lipinski definition) is 2. The van der Waals surface area contributed by atoms with Gasteiger partial charge in [0, 0.05) is 48.5 Å². The van der Waals surface area contributed by atoms with Gasteiger partial charge in [-0.05, 0) is 44.0 Å². The minimum Gasteiger partial charge on any atom is -0.385 e. The van der Waals surface area contributed by atoms with Gasteiger partial charge in [0.2, 0.25) is 5.91 Å². The average Bonchev–Trinajstić information content (AvgIpc) is 3.34. The highest BCUT2D eigenvalue weighted by molar-refractivity contribution is 5.73. The van der Waals surface area contributed by atoms with Crippen molar-refractivity contribution in [3.63, 3.8) is 0 Å². The SMILES string of the molecule is CC(=O)NC1CC(C#Cc2ccc(-c3cc(Cn4ccnc4[C@H](C)O)no3)cc2)C1. The fraction of sp³-hybridized carbons (Fsp3) is 0.348. The molecule has 0 saturated heterocycles. The lowest BCUT2D eigenvalue weighted by Gasteiger charge is -2.32. The number of carbonyl (C=O) groups excluding carboxylic acids is 1. The van der Waals surface area contributed by atoms with Gasteiger partial charge in [0.1, 0.15) is 17.6 Å². The Morgan fingerprint density at radius 2 is 2.13 bits per heavy atom. The minimum atomic E-state index is -0.642. The fourth-order valence-electron chi connectivity index (χ4n) is 3.56. The first-order valence-electron chi connectivity index (χ1n) is 10.0. The number of aliphatic hydroxyl groups excluding tert-OH is 1. The molecule has 154 valence electrons. The van der Waals surface area contributed by atoms with Crippen LogP contribution in [0.25, 0.3) is 11.3 Å². The summed E-state index contributed by atoms with van der Waals surface area (Å²) in [6, 6.07) is 10.0. The van der Waals surface area contributed by atoms with Crippen LogP contribution in [0, 0.1) is 17.8 Å². The predicted octanol–water partition coefficient (Wildman–Crippen LogP) is 2.91. The molecule has 30 heavy (non-hydrogen) atoms. The third-order valence-corrected chi connectivity index (χ3v) is 5.15. The number of nitrogens with zero attached hydrogens (tertiary/aromatic N) is 3. The second kappa shape index (κ2) is 8.56. The molecule has 1 aromatic carbocycles. The molecule has 4 rings (SSSR count). The lowest BCUT2D eigenvalue weighted by atomic mass is 9.80. The molecule has 1 atom stereocenters. The quantitative estimate of drug-likeness (QED) is 0.638. The van der Waals surface area contributed by atoms with E-state index in [1.54, 1.807) is 20.0 Å². The lowest BCUT2D eigenvalue weighted by molar-refractivity contribution is -0.120. The maximum absolute atomic E-state index is 11.0. The summed E-state index contributed by atoms with van der Waals surface area (Å²) in [4.78, 5) is 15.2. The van der Waals surface area contributed by atoms with E-state index in [1.165, 1.54) is 0 Å². The predicted molar refractivity (Wildman–Crippen MR) is 111 cm³/mol. The Hall–Kier alpha value is -3.37. The molecule has 1 saturated carbocycles. The zero-order valence-corrected chi connectivity index (χ0v) is 17.0. The lowest BCUT2D eigenvalue weighted by Crippen LogP contribution is -2.42. The second-order valence-corrected chi connectivity index (χ2v) is 7.68. The topological polar surface area (TPSA) is 93.2 Å². The first-order valence-corrected chi connectivity index (χ1v) is 10.0. The smallest absolute Gasteiger partial charge is 0.217 e. The summed E-state index contributed by atoms with van der Waals surface area (Å²) in [5.41, 5.74) is 2.63. The molecule has 1 aliphatic carbocycles. The van der Waals surface area contributed by atoms with Crippen molar-refractivity contribution < 1.29 is 14.4 Å². The monoisotopic (exact) mass is 404 g/mol. The zero-order chi connectivity index (χ0) is 21.1. The highest BCUT2D eigenvalue weighted by Crippen LogP contribution is 2.27. The molecule has 2 heterocycles. The zero-order valence-electron chi connectivity index (χ0n) is 17.0. The third-order valence-electron chi connectivity index (χ3n) is 5.15. The number of imidazole rings is 1. The summed E-state index contributed by atoms with van der Waals surface area (Å²) >= 11 is 0. The van der Waals surface area contributed by atoms with Crippen molar-refractivity contribution in [3.05, 3.63) is 59.8 Å². The number of rotatable bonds is 5. The molecule has 1 amide bonds. The van der Waals surface area contributed by atoms with E-state index in [2.05, 4.69) is 27.3 Å². The van der Waals surface area contributed by atoms with Gasteiger partial charge in [0.05, 0.1) is 6.54 Å². The minimum absolute atomic E-state index is 0.0194. The summed E-state index contributed by atoms with van der Waals surface area (Å²) in [6.07, 6.45) is 4.66. The number of carbonyl (C=O) groups is 1. The van der Waals surface area contributed by atoms with Crippen molar-refractivity contribution in [2.24, 2.45) is 5.92 Å². The highest BCUT2D eigenvalue weighted by Gasteiger charge is 2.27. The molecule has 0 bridgehead atoms. The highest BCUT2D eigenvalue weighted by atomic mass is 16.5. The molecule has 0 unspecified atom stereocenters. The van der Waals surface area contributed by atoms with Crippen molar-refractivity contribution in [2.45, 2.75) is 45.4 Å². The van der Waals surface area contributed by atoms with Crippen LogP contribution in [-0.2, 0) is 11.3 Å². The summed E-state index contributed by atoms with van der Waals surface area (Å²) in [5, 5.41) is 16.8. The average molecular weight is 404 g/mol. The van der Waals surface area contributed by atoms with Crippen LogP contribution in [0.15, 0.2) is 47.2 Å². The maximum atomic E-state index is 11.0. The molecule has 3 aromatic rings. The van der Waals surface area contributed by atoms with E-state index in [0.717, 1.165) is 29.7 Å². The van der Waals surface area contributed by atoms with E-state index >= 15 is 0 Å². The van der Waals surface area contributed by atoms with Gasteiger partial charge in [-0.1, -0.05) is 17.0 Å². The second-order valence-electron chi connectivity index (χ2n) is 7.68. The van der Waals surface area contributed by atoms with Crippen LogP contribution in [0.3, 0.4) is 0 Å². The first-order chi connectivity index (χ1) is 14.5. The summed E-state index contributed by atoms with van der Waals surface area (Å²) in [6.45, 7) is 3.71. The van der Waals surface area contributed by atoms with E-state index in [4.69, 9.17) is 4.52 Å². The van der Waals surface area contributed by atoms with Crippen LogP contribution in [0.1, 0.15) is 49.9 Å². The molecule has 2 aromatic heterocycles. The molecule has 0 spiro atoms. The van der Waals surface area contributed by atoms with Gasteiger partial charge >= 0.3 is 0 Å². The standard InChI is InChI=1S/C23H24N4O3/c1-15(28)23-24-9-10-27(23)14-21-13-22(30-26-21)19-7-5-17(6-8-19)3-4-18-11-20(12-18)25-16(2)29/h5-10,13,15,18,20,28H,11-12,14H2,1-2H3,(H,25,29)/t15-,18?,20?/m0/s1. The van der Waals surface area contributed by atoms with Crippen molar-refractivity contribution in [1.29, 1.82) is 0 Å². The van der Waals surface area contributed by atoms with Crippen LogP contribution in [0.4, 0.5) is 0 Å². The Kier molecular flexibility index (Phi) is 5.68. The van der Waals surface area contributed by atoms with Crippen LogP contribution in [0.2, 0.25) is 0 Å². The number of aromatic nitrogens is 3. The summed E-state index contributed by atoms with van der Waals surface area (Å²) in [7, 11) is 0. The van der Waals surface area contributed by atoms with Gasteiger partial charge < -0.3 is 19.5 Å². The van der Waals surface area contributed by atoms with Crippen LogP contribution >= 0.6 is 0 Å². The third kappa shape index (κ3) is 4.61. The molecule has 1 fully saturated rings. The molecular weight excluding hydrogens is 380 g/mol. The molecule has 7 heteroatoms. The van der Waals surface area contributed by atoms with Crippen molar-refractivity contribution in [1.82, 2.24) is 20.0 Å². The van der Waals surface area contributed by atoms with Gasteiger partial charge in [-0.25, -0.2) is 4.98 Å². The molecule has 0 radical (unpaired) electrons. The number of aliphatic hydroxyl groups is 1. The van der Waals surface area contributed by atoms with E-state index < -0.39 is 6.10 Å². The van der Waals surface area contributed by atoms with Gasteiger partial charge in [0.25, 0.3) is 0 Å². The first kappa shape index (κ1) is 19.9. The summed E-state index contributed by atoms with van der Waals surface area (Å²) in [5.74, 6) is 8.12. The van der Waals surface area contributed by atoms with Crippen LogP contribution < -0.4 is 5.32 Å². The number of hydrogen-bond acceptors (Lipinski definition) is 5. The molecule has 7 nitrogen and oxygen atoms in total. The van der Waals surface area contributed by atoms with Gasteiger partial charge in [-0.15, -0.1) is 0 Å². The molecular formula is C23H24N4O3. The van der Waals surface area contributed by atoms with Crippen molar-refractivity contribution >= 4 is 5.91 Å². The molecule has 1 aliphatic rings. The van der Waals surface area contributed by atoms with E-state index in [1.807, 2.05) is 41.1 Å². The molecule has 2 N–H and O–H groups in total. The number of nitrogens with one attached hydrogen (secondary N) is 1. The Labute approximate surface area is 175 Å². The maximum Gasteiger partial charge on any atom is 0.217 e.